The Kier molecular flexibility index (Phi) is 4.45. The minimum atomic E-state index is 0.118. The average Bonchev–Trinajstić information content (AvgIpc) is 2.60. The second-order valence-corrected chi connectivity index (χ2v) is 5.72. The van der Waals surface area contributed by atoms with Crippen molar-refractivity contribution in [2.75, 3.05) is 5.32 Å². The van der Waals surface area contributed by atoms with Crippen molar-refractivity contribution in [3.05, 3.63) is 70.9 Å². The second-order valence-electron chi connectivity index (χ2n) is 5.31. The number of para-hydroxylation sites is 1. The number of benzene rings is 2. The number of anilines is 1. The van der Waals surface area contributed by atoms with E-state index in [4.69, 9.17) is 11.6 Å². The quantitative estimate of drug-likeness (QED) is 0.707. The molecule has 3 rings (SSSR count). The van der Waals surface area contributed by atoms with E-state index in [1.807, 2.05) is 30.3 Å². The van der Waals surface area contributed by atoms with Crippen LogP contribution in [0.25, 0.3) is 10.9 Å². The van der Waals surface area contributed by atoms with Crippen molar-refractivity contribution >= 4 is 28.2 Å². The third-order valence-corrected chi connectivity index (χ3v) is 4.20. The van der Waals surface area contributed by atoms with Gasteiger partial charge in [-0.3, -0.25) is 4.98 Å². The van der Waals surface area contributed by atoms with Crippen LogP contribution in [0.5, 0.6) is 0 Å². The molecule has 0 unspecified atom stereocenters. The number of nitriles is 1. The molecule has 0 aliphatic heterocycles. The molecule has 0 aliphatic rings. The van der Waals surface area contributed by atoms with E-state index in [-0.39, 0.29) is 6.04 Å². The van der Waals surface area contributed by atoms with Crippen molar-refractivity contribution in [3.63, 3.8) is 0 Å². The molecule has 3 nitrogen and oxygen atoms in total. The summed E-state index contributed by atoms with van der Waals surface area (Å²) in [6, 6.07) is 18.2. The highest BCUT2D eigenvalue weighted by molar-refractivity contribution is 6.35. The van der Waals surface area contributed by atoms with Crippen LogP contribution in [0.1, 0.15) is 30.5 Å². The Hall–Kier alpha value is -2.57. The molecule has 0 amide bonds. The minimum absolute atomic E-state index is 0.118. The molecule has 23 heavy (non-hydrogen) atoms. The van der Waals surface area contributed by atoms with E-state index in [0.29, 0.717) is 16.1 Å². The Bertz CT molecular complexity index is 869. The fourth-order valence-electron chi connectivity index (χ4n) is 2.71. The number of halogens is 1. The average molecular weight is 322 g/mol. The summed E-state index contributed by atoms with van der Waals surface area (Å²) in [6.07, 6.45) is 2.48. The van der Waals surface area contributed by atoms with Gasteiger partial charge in [0.05, 0.1) is 27.8 Å². The smallest absolute Gasteiger partial charge is 0.103 e. The molecule has 0 saturated heterocycles. The van der Waals surface area contributed by atoms with Crippen LogP contribution in [-0.2, 0) is 0 Å². The van der Waals surface area contributed by atoms with Crippen LogP contribution in [-0.4, -0.2) is 4.98 Å². The van der Waals surface area contributed by atoms with Gasteiger partial charge in [0.15, 0.2) is 0 Å². The molecule has 0 radical (unpaired) electrons. The Balaban J connectivity index is 2.11. The monoisotopic (exact) mass is 321 g/mol. The van der Waals surface area contributed by atoms with Crippen LogP contribution in [0.2, 0.25) is 5.02 Å². The summed E-state index contributed by atoms with van der Waals surface area (Å²) in [6.45, 7) is 2.12. The number of nitrogens with zero attached hydrogens (tertiary/aromatic N) is 2. The van der Waals surface area contributed by atoms with Crippen LogP contribution in [0.3, 0.4) is 0 Å². The zero-order valence-electron chi connectivity index (χ0n) is 12.8. The van der Waals surface area contributed by atoms with Crippen LogP contribution < -0.4 is 5.32 Å². The molecule has 0 bridgehead atoms. The van der Waals surface area contributed by atoms with Crippen molar-refractivity contribution in [1.82, 2.24) is 4.98 Å². The van der Waals surface area contributed by atoms with Crippen LogP contribution >= 0.6 is 11.6 Å². The molecule has 2 aromatic carbocycles. The van der Waals surface area contributed by atoms with Crippen molar-refractivity contribution in [2.45, 2.75) is 19.4 Å². The zero-order chi connectivity index (χ0) is 16.2. The van der Waals surface area contributed by atoms with Gasteiger partial charge in [-0.15, -0.1) is 0 Å². The highest BCUT2D eigenvalue weighted by Gasteiger charge is 2.15. The number of nitrogens with one attached hydrogen (secondary N) is 1. The molecule has 1 N–H and O–H groups in total. The van der Waals surface area contributed by atoms with Gasteiger partial charge in [0.1, 0.15) is 6.07 Å². The van der Waals surface area contributed by atoms with Crippen molar-refractivity contribution in [2.24, 2.45) is 0 Å². The molecule has 1 aromatic heterocycles. The van der Waals surface area contributed by atoms with Gasteiger partial charge >= 0.3 is 0 Å². The molecule has 114 valence electrons. The van der Waals surface area contributed by atoms with Gasteiger partial charge < -0.3 is 5.32 Å². The third-order valence-electron chi connectivity index (χ3n) is 3.90. The van der Waals surface area contributed by atoms with Crippen molar-refractivity contribution in [1.29, 1.82) is 5.26 Å². The normalized spacial score (nSPS) is 11.9. The van der Waals surface area contributed by atoms with Gasteiger partial charge in [-0.25, -0.2) is 0 Å². The predicted molar refractivity (Wildman–Crippen MR) is 94.6 cm³/mol. The summed E-state index contributed by atoms with van der Waals surface area (Å²) in [5, 5.41) is 14.4. The summed E-state index contributed by atoms with van der Waals surface area (Å²) in [5.41, 5.74) is 3.20. The fraction of sp³-hybridized carbons (Fsp3) is 0.158. The lowest BCUT2D eigenvalue weighted by atomic mass is 10.0. The maximum absolute atomic E-state index is 9.44. The van der Waals surface area contributed by atoms with E-state index < -0.39 is 0 Å². The van der Waals surface area contributed by atoms with Gasteiger partial charge in [0.2, 0.25) is 0 Å². The van der Waals surface area contributed by atoms with Gasteiger partial charge in [-0.2, -0.15) is 5.26 Å². The first-order valence-electron chi connectivity index (χ1n) is 7.53. The molecule has 1 atom stereocenters. The molecule has 1 heterocycles. The molecule has 0 saturated carbocycles. The summed E-state index contributed by atoms with van der Waals surface area (Å²) < 4.78 is 0. The summed E-state index contributed by atoms with van der Waals surface area (Å²) in [4.78, 5) is 4.32. The fourth-order valence-corrected chi connectivity index (χ4v) is 2.93. The van der Waals surface area contributed by atoms with E-state index in [9.17, 15) is 5.26 Å². The molecule has 0 aliphatic carbocycles. The number of aromatic nitrogens is 1. The van der Waals surface area contributed by atoms with E-state index in [1.165, 1.54) is 5.56 Å². The lowest BCUT2D eigenvalue weighted by molar-refractivity contribution is 0.750. The number of rotatable bonds is 4. The Morgan fingerprint density at radius 1 is 1.17 bits per heavy atom. The van der Waals surface area contributed by atoms with E-state index in [0.717, 1.165) is 17.5 Å². The van der Waals surface area contributed by atoms with Gasteiger partial charge in [-0.05, 0) is 18.1 Å². The predicted octanol–water partition coefficient (Wildman–Crippen LogP) is 5.32. The Morgan fingerprint density at radius 3 is 2.65 bits per heavy atom. The maximum Gasteiger partial charge on any atom is 0.103 e. The zero-order valence-corrected chi connectivity index (χ0v) is 13.5. The first kappa shape index (κ1) is 15.3. The summed E-state index contributed by atoms with van der Waals surface area (Å²) in [7, 11) is 0. The molecule has 0 fully saturated rings. The topological polar surface area (TPSA) is 48.7 Å². The third kappa shape index (κ3) is 2.99. The number of fused-ring (bicyclic) bond motifs is 1. The molecule has 3 aromatic rings. The highest BCUT2D eigenvalue weighted by Crippen LogP contribution is 2.33. The highest BCUT2D eigenvalue weighted by atomic mass is 35.5. The van der Waals surface area contributed by atoms with Crippen molar-refractivity contribution < 1.29 is 0 Å². The van der Waals surface area contributed by atoms with Gasteiger partial charge in [0.25, 0.3) is 0 Å². The molecular weight excluding hydrogens is 306 g/mol. The van der Waals surface area contributed by atoms with E-state index in [1.54, 1.807) is 12.3 Å². The van der Waals surface area contributed by atoms with Gasteiger partial charge in [0, 0.05) is 11.6 Å². The number of hydrogen-bond acceptors (Lipinski definition) is 3. The molecule has 4 heteroatoms. The second kappa shape index (κ2) is 6.68. The Morgan fingerprint density at radius 2 is 1.96 bits per heavy atom. The Labute approximate surface area is 140 Å². The summed E-state index contributed by atoms with van der Waals surface area (Å²) in [5.74, 6) is 0. The van der Waals surface area contributed by atoms with Crippen LogP contribution in [0, 0.1) is 11.3 Å². The van der Waals surface area contributed by atoms with Gasteiger partial charge in [-0.1, -0.05) is 61.0 Å². The van der Waals surface area contributed by atoms with E-state index >= 15 is 0 Å². The number of pyridine rings is 1. The van der Waals surface area contributed by atoms with Crippen molar-refractivity contribution in [3.8, 4) is 6.07 Å². The molecule has 0 spiro atoms. The standard InChI is InChI=1S/C19H16ClN3/c1-2-17(13-7-4-3-5-8-13)23-18-14(11-21)12-22-19-15(18)9-6-10-16(19)20/h3-10,12,17H,2H2,1H3,(H,22,23)/t17-/m1/s1. The van der Waals surface area contributed by atoms with E-state index in [2.05, 4.69) is 35.4 Å². The lowest BCUT2D eigenvalue weighted by Crippen LogP contribution is -2.11. The van der Waals surface area contributed by atoms with Crippen LogP contribution in [0.4, 0.5) is 5.69 Å². The number of hydrogen-bond donors (Lipinski definition) is 1. The first-order chi connectivity index (χ1) is 11.2. The maximum atomic E-state index is 9.44. The lowest BCUT2D eigenvalue weighted by Gasteiger charge is -2.21. The summed E-state index contributed by atoms with van der Waals surface area (Å²) >= 11 is 6.24. The first-order valence-corrected chi connectivity index (χ1v) is 7.91. The largest absolute Gasteiger partial charge is 0.377 e. The SMILES string of the molecule is CC[C@@H](Nc1c(C#N)cnc2c(Cl)cccc12)c1ccccc1. The van der Waals surface area contributed by atoms with Crippen LogP contribution in [0.15, 0.2) is 54.7 Å². The molecular formula is C19H16ClN3. The minimum Gasteiger partial charge on any atom is -0.377 e.